The van der Waals surface area contributed by atoms with Crippen molar-refractivity contribution in [2.24, 2.45) is 39.9 Å². The van der Waals surface area contributed by atoms with Gasteiger partial charge in [0.15, 0.2) is 5.78 Å². The van der Waals surface area contributed by atoms with E-state index in [4.69, 9.17) is 9.47 Å². The minimum absolute atomic E-state index is 0.0705. The first-order valence-corrected chi connectivity index (χ1v) is 17.9. The number of benzene rings is 1. The molecule has 10 nitrogen and oxygen atoms in total. The highest BCUT2D eigenvalue weighted by molar-refractivity contribution is 7.88. The van der Waals surface area contributed by atoms with Crippen LogP contribution in [0.3, 0.4) is 0 Å². The lowest BCUT2D eigenvalue weighted by molar-refractivity contribution is -0.437. The number of carbonyl (C=O) groups is 3. The second-order valence-corrected chi connectivity index (χ2v) is 16.8. The Morgan fingerprint density at radius 2 is 1.78 bits per heavy atom. The maximum absolute atomic E-state index is 14.3. The third kappa shape index (κ3) is 4.19. The molecule has 2 heterocycles. The lowest BCUT2D eigenvalue weighted by atomic mass is 9.36. The monoisotopic (exact) mass is 641 g/mol. The number of rotatable bonds is 6. The predicted molar refractivity (Wildman–Crippen MR) is 161 cm³/mol. The summed E-state index contributed by atoms with van der Waals surface area (Å²) in [6, 6.07) is 8.62. The summed E-state index contributed by atoms with van der Waals surface area (Å²) in [7, 11) is -3.57. The quantitative estimate of drug-likeness (QED) is 0.314. The van der Waals surface area contributed by atoms with Crippen LogP contribution in [0.25, 0.3) is 0 Å². The molecule has 0 radical (unpaired) electrons. The normalized spacial score (nSPS) is 43.5. The second kappa shape index (κ2) is 10.3. The Kier molecular flexibility index (Phi) is 7.12. The Morgan fingerprint density at radius 1 is 1.09 bits per heavy atom. The zero-order chi connectivity index (χ0) is 32.2. The van der Waals surface area contributed by atoms with E-state index in [0.717, 1.165) is 0 Å². The van der Waals surface area contributed by atoms with Gasteiger partial charge in [-0.05, 0) is 67.4 Å². The maximum Gasteiger partial charge on any atom is 0.309 e. The molecule has 5 aliphatic carbocycles. The van der Waals surface area contributed by atoms with E-state index < -0.39 is 79.7 Å². The summed E-state index contributed by atoms with van der Waals surface area (Å²) in [4.78, 5) is 42.0. The van der Waals surface area contributed by atoms with Crippen LogP contribution in [0.4, 0.5) is 0 Å². The highest BCUT2D eigenvalue weighted by Crippen LogP contribution is 2.76. The van der Waals surface area contributed by atoms with Crippen LogP contribution >= 0.6 is 0 Å². The van der Waals surface area contributed by atoms with Crippen molar-refractivity contribution in [3.05, 3.63) is 48.0 Å². The average molecular weight is 642 g/mol. The average Bonchev–Trinajstić information content (AvgIpc) is 3.10. The molecule has 2 aliphatic heterocycles. The number of ether oxygens (including phenoxy) is 2. The molecule has 3 N–H and O–H groups in total. The number of sulfonamides is 1. The van der Waals surface area contributed by atoms with Gasteiger partial charge in [0.2, 0.25) is 15.8 Å². The van der Waals surface area contributed by atoms with Gasteiger partial charge in [-0.2, -0.15) is 0 Å². The molecule has 11 heteroatoms. The third-order valence-electron chi connectivity index (χ3n) is 12.5. The molecule has 0 aromatic heterocycles. The Morgan fingerprint density at radius 3 is 2.47 bits per heavy atom. The molecule has 2 spiro atoms. The summed E-state index contributed by atoms with van der Waals surface area (Å²) in [5.41, 5.74) is -2.58. The Labute approximate surface area is 264 Å². The fourth-order valence-electron chi connectivity index (χ4n) is 10.5. The molecule has 0 unspecified atom stereocenters. The lowest BCUT2D eigenvalue weighted by Crippen LogP contribution is -2.85. The molecule has 45 heavy (non-hydrogen) atoms. The van der Waals surface area contributed by atoms with Crippen LogP contribution in [0, 0.1) is 39.9 Å². The van der Waals surface area contributed by atoms with Crippen LogP contribution in [0.5, 0.6) is 0 Å². The summed E-state index contributed by atoms with van der Waals surface area (Å²) >= 11 is 0. The van der Waals surface area contributed by atoms with E-state index in [1.165, 1.54) is 0 Å². The molecular formula is C34H43NO9S. The molecule has 5 saturated carbocycles. The van der Waals surface area contributed by atoms with E-state index in [2.05, 4.69) is 11.3 Å². The fraction of sp³-hybridized carbons (Fsp3) is 0.676. The summed E-state index contributed by atoms with van der Waals surface area (Å²) in [6.07, 6.45) is 0.780. The van der Waals surface area contributed by atoms with Crippen molar-refractivity contribution in [1.82, 2.24) is 4.72 Å². The van der Waals surface area contributed by atoms with E-state index in [1.54, 1.807) is 24.3 Å². The van der Waals surface area contributed by atoms with Gasteiger partial charge in [0.1, 0.15) is 23.4 Å². The number of carbonyl (C=O) groups excluding carboxylic acids is 3. The van der Waals surface area contributed by atoms with Crippen LogP contribution in [0.15, 0.2) is 42.5 Å². The first kappa shape index (κ1) is 31.2. The van der Waals surface area contributed by atoms with Crippen LogP contribution in [0.2, 0.25) is 0 Å². The van der Waals surface area contributed by atoms with E-state index in [9.17, 15) is 33.0 Å². The van der Waals surface area contributed by atoms with Gasteiger partial charge in [0, 0.05) is 24.3 Å². The first-order valence-electron chi connectivity index (χ1n) is 16.2. The van der Waals surface area contributed by atoms with Crippen LogP contribution < -0.4 is 4.72 Å². The summed E-state index contributed by atoms with van der Waals surface area (Å²) in [5, 5.41) is 24.2. The highest BCUT2D eigenvalue weighted by atomic mass is 32.2. The van der Waals surface area contributed by atoms with Crippen molar-refractivity contribution in [2.75, 3.05) is 6.61 Å². The number of fused-ring (bicyclic) bond motifs is 2. The maximum atomic E-state index is 14.3. The van der Waals surface area contributed by atoms with Gasteiger partial charge >= 0.3 is 5.97 Å². The molecule has 8 rings (SSSR count). The van der Waals surface area contributed by atoms with Crippen molar-refractivity contribution in [2.45, 2.75) is 95.0 Å². The Balaban J connectivity index is 1.12. The van der Waals surface area contributed by atoms with Crippen LogP contribution in [-0.4, -0.2) is 66.8 Å². The summed E-state index contributed by atoms with van der Waals surface area (Å²) in [5.74, 6) is -5.91. The van der Waals surface area contributed by atoms with Crippen LogP contribution in [0.1, 0.15) is 70.8 Å². The van der Waals surface area contributed by atoms with Crippen molar-refractivity contribution < 1.29 is 42.5 Å². The molecule has 7 fully saturated rings. The van der Waals surface area contributed by atoms with Gasteiger partial charge in [-0.25, -0.2) is 13.1 Å². The smallest absolute Gasteiger partial charge is 0.309 e. The number of aliphatic hydroxyl groups excluding tert-OH is 1. The van der Waals surface area contributed by atoms with E-state index >= 15 is 0 Å². The minimum Gasteiger partial charge on any atom is -0.460 e. The van der Waals surface area contributed by atoms with Crippen molar-refractivity contribution in [3.63, 3.8) is 0 Å². The number of hydrogen-bond acceptors (Lipinski definition) is 9. The molecule has 2 saturated heterocycles. The van der Waals surface area contributed by atoms with Crippen LogP contribution in [-0.2, 0) is 39.6 Å². The topological polar surface area (TPSA) is 156 Å². The summed E-state index contributed by atoms with van der Waals surface area (Å²) < 4.78 is 40.6. The number of hydrogen-bond donors (Lipinski definition) is 3. The third-order valence-corrected chi connectivity index (χ3v) is 13.9. The predicted octanol–water partition coefficient (Wildman–Crippen LogP) is 2.81. The molecule has 4 bridgehead atoms. The molecule has 8 atom stereocenters. The number of esters is 1. The van der Waals surface area contributed by atoms with Gasteiger partial charge < -0.3 is 19.7 Å². The molecule has 0 amide bonds. The number of nitrogens with one attached hydrogen (secondary N) is 1. The van der Waals surface area contributed by atoms with Gasteiger partial charge in [0.05, 0.1) is 23.7 Å². The SMILES string of the molecule is C=C1C(=O)[C@]23[C@H](OC(=O)C4CCC(NS(=O)(=O)Cc5ccccc5)CC4)[C@H]1CC[C@H]2[C@@]12CO[C@]3(O)[C@@H](O)[C@@H]1C(C)(C)CCC2=O. The Hall–Kier alpha value is -2.44. The molecule has 1 aromatic carbocycles. The second-order valence-electron chi connectivity index (χ2n) is 15.1. The standard InChI is InChI=1S/C34H43NO9S/c1-19-23-13-14-24-32-18-43-34(40,28(38)26(32)31(2,3)16-15-25(32)36)33(24,27(19)37)29(23)44-30(39)21-9-11-22(12-10-21)35-45(41,42)17-20-7-5-4-6-8-20/h4-8,21-24,26,28-29,35,38,40H,1,9-18H2,2-3H3/t21?,22?,23-,24-,26+,28-,29+,32+,33-,34+/m0/s1. The van der Waals surface area contributed by atoms with Gasteiger partial charge in [-0.1, -0.05) is 50.8 Å². The largest absolute Gasteiger partial charge is 0.460 e. The Bertz CT molecular complexity index is 1550. The number of ketones is 2. The van der Waals surface area contributed by atoms with E-state index in [-0.39, 0.29) is 36.2 Å². The van der Waals surface area contributed by atoms with Gasteiger partial charge in [-0.3, -0.25) is 14.4 Å². The van der Waals surface area contributed by atoms with Gasteiger partial charge in [0.25, 0.3) is 0 Å². The first-order chi connectivity index (χ1) is 21.2. The molecule has 1 aromatic rings. The van der Waals surface area contributed by atoms with Crippen molar-refractivity contribution in [1.29, 1.82) is 0 Å². The minimum atomic E-state index is -3.57. The number of aliphatic hydroxyl groups is 2. The zero-order valence-electron chi connectivity index (χ0n) is 25.9. The molecule has 7 aliphatic rings. The summed E-state index contributed by atoms with van der Waals surface area (Å²) in [6.45, 7) is 7.95. The highest BCUT2D eigenvalue weighted by Gasteiger charge is 2.88. The van der Waals surface area contributed by atoms with Crippen molar-refractivity contribution in [3.8, 4) is 0 Å². The molecule has 244 valence electrons. The number of Topliss-reactive ketones (excluding diaryl/α,β-unsaturated/α-hetero) is 2. The van der Waals surface area contributed by atoms with Crippen molar-refractivity contribution >= 4 is 27.6 Å². The zero-order valence-corrected chi connectivity index (χ0v) is 26.7. The van der Waals surface area contributed by atoms with E-state index in [1.807, 2.05) is 19.9 Å². The molecular weight excluding hydrogens is 598 g/mol. The van der Waals surface area contributed by atoms with Gasteiger partial charge in [-0.15, -0.1) is 0 Å². The van der Waals surface area contributed by atoms with E-state index in [0.29, 0.717) is 50.5 Å². The lowest BCUT2D eigenvalue weighted by Gasteiger charge is -2.73. The fourth-order valence-corrected chi connectivity index (χ4v) is 12.0.